The van der Waals surface area contributed by atoms with E-state index >= 15 is 0 Å². The summed E-state index contributed by atoms with van der Waals surface area (Å²) >= 11 is 6.02. The molecule has 1 aliphatic rings. The normalized spacial score (nSPS) is 16.7. The molecule has 0 saturated carbocycles. The average molecular weight is 265 g/mol. The summed E-state index contributed by atoms with van der Waals surface area (Å²) in [6, 6.07) is 5.32. The maximum absolute atomic E-state index is 11.6. The number of halogens is 1. The van der Waals surface area contributed by atoms with Crippen molar-refractivity contribution < 1.29 is 9.53 Å². The first-order chi connectivity index (χ1) is 8.63. The van der Waals surface area contributed by atoms with Crippen molar-refractivity contribution in [1.82, 2.24) is 5.32 Å². The van der Waals surface area contributed by atoms with Crippen LogP contribution in [0, 0.1) is 0 Å². The Morgan fingerprint density at radius 2 is 2.28 bits per heavy atom. The second kappa shape index (κ2) is 5.23. The summed E-state index contributed by atoms with van der Waals surface area (Å²) < 4.78 is 5.07. The average Bonchev–Trinajstić information content (AvgIpc) is 2.70. The lowest BCUT2D eigenvalue weighted by Gasteiger charge is -2.03. The zero-order valence-electron chi connectivity index (χ0n) is 10.2. The predicted molar refractivity (Wildman–Crippen MR) is 71.8 cm³/mol. The number of carbonyl (C=O) groups excluding carboxylic acids is 1. The minimum absolute atomic E-state index is 0.182. The Kier molecular flexibility index (Phi) is 3.67. The topological polar surface area (TPSA) is 50.7 Å². The van der Waals surface area contributed by atoms with E-state index in [1.807, 2.05) is 13.0 Å². The molecule has 0 unspecified atom stereocenters. The highest BCUT2D eigenvalue weighted by molar-refractivity contribution is 6.32. The number of amidine groups is 1. The van der Waals surface area contributed by atoms with Crippen molar-refractivity contribution in [3.63, 3.8) is 0 Å². The third kappa shape index (κ3) is 2.54. The lowest BCUT2D eigenvalue weighted by atomic mass is 10.2. The van der Waals surface area contributed by atoms with E-state index in [1.54, 1.807) is 25.3 Å². The zero-order valence-corrected chi connectivity index (χ0v) is 10.9. The van der Waals surface area contributed by atoms with Gasteiger partial charge in [0.25, 0.3) is 5.91 Å². The van der Waals surface area contributed by atoms with Crippen molar-refractivity contribution in [2.24, 2.45) is 4.99 Å². The van der Waals surface area contributed by atoms with Gasteiger partial charge < -0.3 is 10.1 Å². The van der Waals surface area contributed by atoms with Crippen LogP contribution in [0.2, 0.25) is 5.02 Å². The highest BCUT2D eigenvalue weighted by atomic mass is 35.5. The summed E-state index contributed by atoms with van der Waals surface area (Å²) in [5.74, 6) is 1.11. The zero-order chi connectivity index (χ0) is 13.1. The van der Waals surface area contributed by atoms with Crippen LogP contribution in [0.5, 0.6) is 5.75 Å². The molecule has 0 fully saturated rings. The van der Waals surface area contributed by atoms with Gasteiger partial charge in [0.1, 0.15) is 17.3 Å². The molecule has 1 aromatic rings. The Bertz CT molecular complexity index is 550. The number of ether oxygens (including phenoxy) is 1. The fourth-order valence-electron chi connectivity index (χ4n) is 1.61. The Labute approximate surface area is 110 Å². The van der Waals surface area contributed by atoms with Crippen LogP contribution in [0.3, 0.4) is 0 Å². The Hall–Kier alpha value is -1.81. The van der Waals surface area contributed by atoms with Crippen molar-refractivity contribution >= 4 is 29.4 Å². The molecule has 1 aromatic carbocycles. The molecule has 94 valence electrons. The second-order valence-electron chi connectivity index (χ2n) is 3.79. The summed E-state index contributed by atoms with van der Waals surface area (Å²) in [5.41, 5.74) is 1.21. The predicted octanol–water partition coefficient (Wildman–Crippen LogP) is 2.63. The maximum atomic E-state index is 11.6. The third-order valence-electron chi connectivity index (χ3n) is 2.56. The molecular formula is C13H13ClN2O2. The first-order valence-corrected chi connectivity index (χ1v) is 5.96. The molecule has 0 radical (unpaired) electrons. The molecule has 4 nitrogen and oxygen atoms in total. The van der Waals surface area contributed by atoms with E-state index in [2.05, 4.69) is 10.3 Å². The van der Waals surface area contributed by atoms with Crippen molar-refractivity contribution in [1.29, 1.82) is 0 Å². The fourth-order valence-corrected chi connectivity index (χ4v) is 1.88. The van der Waals surface area contributed by atoms with Gasteiger partial charge in [-0.05, 0) is 23.8 Å². The van der Waals surface area contributed by atoms with Crippen LogP contribution in [0.4, 0.5) is 0 Å². The summed E-state index contributed by atoms with van der Waals surface area (Å²) in [5, 5.41) is 3.20. The molecule has 0 spiro atoms. The second-order valence-corrected chi connectivity index (χ2v) is 4.20. The molecule has 1 heterocycles. The van der Waals surface area contributed by atoms with Crippen LogP contribution < -0.4 is 10.1 Å². The first kappa shape index (κ1) is 12.6. The molecule has 1 amide bonds. The summed E-state index contributed by atoms with van der Waals surface area (Å²) in [6.07, 6.45) is 2.40. The number of aliphatic imine (C=N–C) groups is 1. The maximum Gasteiger partial charge on any atom is 0.275 e. The van der Waals surface area contributed by atoms with Gasteiger partial charge >= 0.3 is 0 Å². The van der Waals surface area contributed by atoms with E-state index in [9.17, 15) is 4.79 Å². The van der Waals surface area contributed by atoms with Gasteiger partial charge in [-0.2, -0.15) is 0 Å². The molecule has 18 heavy (non-hydrogen) atoms. The van der Waals surface area contributed by atoms with Gasteiger partial charge in [-0.3, -0.25) is 4.79 Å². The van der Waals surface area contributed by atoms with Gasteiger partial charge in [0.2, 0.25) is 0 Å². The van der Waals surface area contributed by atoms with E-state index in [0.717, 1.165) is 5.56 Å². The summed E-state index contributed by atoms with van der Waals surface area (Å²) in [7, 11) is 1.56. The van der Waals surface area contributed by atoms with Crippen LogP contribution in [0.25, 0.3) is 6.08 Å². The van der Waals surface area contributed by atoms with Gasteiger partial charge in [0.05, 0.1) is 12.1 Å². The number of nitrogens with zero attached hydrogens (tertiary/aromatic N) is 1. The Morgan fingerprint density at radius 1 is 1.50 bits per heavy atom. The number of carbonyl (C=O) groups is 1. The van der Waals surface area contributed by atoms with E-state index in [4.69, 9.17) is 16.3 Å². The Morgan fingerprint density at radius 3 is 2.83 bits per heavy atom. The monoisotopic (exact) mass is 264 g/mol. The lowest BCUT2D eigenvalue weighted by molar-refractivity contribution is -0.115. The molecule has 0 bridgehead atoms. The molecule has 1 aliphatic heterocycles. The van der Waals surface area contributed by atoms with Gasteiger partial charge in [0, 0.05) is 6.42 Å². The molecule has 5 heteroatoms. The number of hydrogen-bond acceptors (Lipinski definition) is 3. The van der Waals surface area contributed by atoms with Gasteiger partial charge in [0.15, 0.2) is 0 Å². The molecule has 0 aromatic heterocycles. The van der Waals surface area contributed by atoms with Crippen LogP contribution in [0.15, 0.2) is 28.9 Å². The molecule has 0 saturated heterocycles. The van der Waals surface area contributed by atoms with E-state index in [1.165, 1.54) is 0 Å². The number of amides is 1. The fraction of sp³-hybridized carbons (Fsp3) is 0.231. The number of nitrogens with one attached hydrogen (secondary N) is 1. The number of rotatable bonds is 3. The SMILES string of the molecule is CCC1=N/C(=C/c2ccc(OC)c(Cl)c2)C(=O)N1. The van der Waals surface area contributed by atoms with Crippen LogP contribution in [-0.2, 0) is 4.79 Å². The van der Waals surface area contributed by atoms with Crippen molar-refractivity contribution in [3.05, 3.63) is 34.5 Å². The van der Waals surface area contributed by atoms with Crippen molar-refractivity contribution in [2.45, 2.75) is 13.3 Å². The number of hydrogen-bond donors (Lipinski definition) is 1. The largest absolute Gasteiger partial charge is 0.495 e. The highest BCUT2D eigenvalue weighted by Crippen LogP contribution is 2.26. The minimum atomic E-state index is -0.182. The minimum Gasteiger partial charge on any atom is -0.495 e. The standard InChI is InChI=1S/C13H13ClN2O2/c1-3-12-15-10(13(17)16-12)7-8-4-5-11(18-2)9(14)6-8/h4-7H,3H2,1-2H3,(H,15,16,17)/b10-7+. The number of benzene rings is 1. The van der Waals surface area contributed by atoms with Crippen LogP contribution in [-0.4, -0.2) is 18.9 Å². The van der Waals surface area contributed by atoms with E-state index in [-0.39, 0.29) is 5.91 Å². The first-order valence-electron chi connectivity index (χ1n) is 5.58. The number of methoxy groups -OCH3 is 1. The highest BCUT2D eigenvalue weighted by Gasteiger charge is 2.18. The Balaban J connectivity index is 2.31. The molecule has 0 atom stereocenters. The summed E-state index contributed by atoms with van der Waals surface area (Å²) in [4.78, 5) is 15.8. The quantitative estimate of drug-likeness (QED) is 0.854. The molecule has 2 rings (SSSR count). The lowest BCUT2D eigenvalue weighted by Crippen LogP contribution is -2.22. The smallest absolute Gasteiger partial charge is 0.275 e. The van der Waals surface area contributed by atoms with Gasteiger partial charge in [-0.1, -0.05) is 24.6 Å². The van der Waals surface area contributed by atoms with Crippen LogP contribution in [0.1, 0.15) is 18.9 Å². The third-order valence-corrected chi connectivity index (χ3v) is 2.86. The van der Waals surface area contributed by atoms with Gasteiger partial charge in [-0.25, -0.2) is 4.99 Å². The van der Waals surface area contributed by atoms with Crippen molar-refractivity contribution in [3.8, 4) is 5.75 Å². The molecule has 1 N–H and O–H groups in total. The summed E-state index contributed by atoms with van der Waals surface area (Å²) in [6.45, 7) is 1.94. The van der Waals surface area contributed by atoms with Gasteiger partial charge in [-0.15, -0.1) is 0 Å². The van der Waals surface area contributed by atoms with Crippen molar-refractivity contribution in [2.75, 3.05) is 7.11 Å². The van der Waals surface area contributed by atoms with E-state index in [0.29, 0.717) is 28.7 Å². The van der Waals surface area contributed by atoms with Crippen LogP contribution >= 0.6 is 11.6 Å². The molecular weight excluding hydrogens is 252 g/mol. The van der Waals surface area contributed by atoms with E-state index < -0.39 is 0 Å². The molecule has 0 aliphatic carbocycles.